The highest BCUT2D eigenvalue weighted by atomic mass is 32.2. The largest absolute Gasteiger partial charge is 0.497 e. The van der Waals surface area contributed by atoms with Crippen molar-refractivity contribution in [2.45, 2.75) is 46.2 Å². The Morgan fingerprint density at radius 3 is 2.24 bits per heavy atom. The maximum atomic E-state index is 13.5. The topological polar surface area (TPSA) is 96.0 Å². The Morgan fingerprint density at radius 2 is 1.71 bits per heavy atom. The molecule has 9 heteroatoms. The maximum Gasteiger partial charge on any atom is 0.244 e. The number of nitrogens with one attached hydrogen (secondary N) is 1. The number of benzene rings is 2. The Hall–Kier alpha value is -3.07. The van der Waals surface area contributed by atoms with Gasteiger partial charge in [0.2, 0.25) is 21.8 Å². The minimum absolute atomic E-state index is 0.123. The second kappa shape index (κ2) is 11.9. The van der Waals surface area contributed by atoms with E-state index in [1.807, 2.05) is 32.0 Å². The van der Waals surface area contributed by atoms with Crippen LogP contribution in [0.4, 0.5) is 5.69 Å². The average molecular weight is 490 g/mol. The summed E-state index contributed by atoms with van der Waals surface area (Å²) in [5.74, 6) is 0.114. The van der Waals surface area contributed by atoms with Gasteiger partial charge in [0.05, 0.1) is 19.1 Å². The van der Waals surface area contributed by atoms with Crippen molar-refractivity contribution < 1.29 is 22.7 Å². The van der Waals surface area contributed by atoms with Gasteiger partial charge < -0.3 is 15.0 Å². The molecule has 1 N–H and O–H groups in total. The van der Waals surface area contributed by atoms with Crippen LogP contribution in [0.15, 0.2) is 48.5 Å². The lowest BCUT2D eigenvalue weighted by molar-refractivity contribution is -0.139. The maximum absolute atomic E-state index is 13.5. The van der Waals surface area contributed by atoms with E-state index in [2.05, 4.69) is 5.32 Å². The van der Waals surface area contributed by atoms with E-state index in [1.165, 1.54) is 4.90 Å². The number of methoxy groups -OCH3 is 1. The molecular formula is C25H35N3O5S. The molecule has 8 nitrogen and oxygen atoms in total. The van der Waals surface area contributed by atoms with Crippen LogP contribution in [0.25, 0.3) is 0 Å². The van der Waals surface area contributed by atoms with E-state index in [0.717, 1.165) is 21.7 Å². The lowest BCUT2D eigenvalue weighted by Gasteiger charge is -2.31. The highest BCUT2D eigenvalue weighted by Crippen LogP contribution is 2.23. The van der Waals surface area contributed by atoms with Crippen LogP contribution in [0.2, 0.25) is 0 Å². The highest BCUT2D eigenvalue weighted by Gasteiger charge is 2.30. The van der Waals surface area contributed by atoms with Gasteiger partial charge in [-0.1, -0.05) is 38.1 Å². The quantitative estimate of drug-likeness (QED) is 0.523. The predicted octanol–water partition coefficient (Wildman–Crippen LogP) is 3.14. The molecule has 0 saturated heterocycles. The molecule has 0 radical (unpaired) electrons. The summed E-state index contributed by atoms with van der Waals surface area (Å²) in [6, 6.07) is 13.5. The van der Waals surface area contributed by atoms with Gasteiger partial charge >= 0.3 is 0 Å². The van der Waals surface area contributed by atoms with Crippen molar-refractivity contribution in [2.24, 2.45) is 0 Å². The van der Waals surface area contributed by atoms with Gasteiger partial charge in [-0.05, 0) is 55.2 Å². The number of carbonyl (C=O) groups excluding carboxylic acids is 2. The summed E-state index contributed by atoms with van der Waals surface area (Å²) >= 11 is 0. The van der Waals surface area contributed by atoms with Crippen molar-refractivity contribution in [1.29, 1.82) is 0 Å². The number of rotatable bonds is 11. The fourth-order valence-electron chi connectivity index (χ4n) is 3.51. The van der Waals surface area contributed by atoms with E-state index in [-0.39, 0.29) is 12.5 Å². The Bertz CT molecular complexity index is 1080. The van der Waals surface area contributed by atoms with Gasteiger partial charge in [0.15, 0.2) is 0 Å². The third kappa shape index (κ3) is 7.21. The normalized spacial score (nSPS) is 12.2. The smallest absolute Gasteiger partial charge is 0.244 e. The Labute approximate surface area is 202 Å². The summed E-state index contributed by atoms with van der Waals surface area (Å²) in [4.78, 5) is 27.5. The van der Waals surface area contributed by atoms with Crippen molar-refractivity contribution >= 4 is 27.5 Å². The molecule has 0 spiro atoms. The molecule has 1 unspecified atom stereocenters. The number of ether oxygens (including phenoxy) is 1. The Morgan fingerprint density at radius 1 is 1.06 bits per heavy atom. The number of anilines is 1. The summed E-state index contributed by atoms with van der Waals surface area (Å²) in [5.41, 5.74) is 2.22. The van der Waals surface area contributed by atoms with Gasteiger partial charge in [-0.25, -0.2) is 8.42 Å². The number of amides is 2. The van der Waals surface area contributed by atoms with Crippen LogP contribution in [0.5, 0.6) is 5.75 Å². The first-order chi connectivity index (χ1) is 16.0. The number of hydrogen-bond acceptors (Lipinski definition) is 5. The molecule has 0 aliphatic rings. The van der Waals surface area contributed by atoms with Crippen LogP contribution >= 0.6 is 0 Å². The van der Waals surface area contributed by atoms with Crippen molar-refractivity contribution in [3.05, 3.63) is 59.7 Å². The van der Waals surface area contributed by atoms with Crippen LogP contribution in [0, 0.1) is 0 Å². The lowest BCUT2D eigenvalue weighted by atomic mass is 10.0. The number of hydrogen-bond donors (Lipinski definition) is 1. The molecule has 2 aromatic rings. The summed E-state index contributed by atoms with van der Waals surface area (Å²) in [7, 11) is -2.20. The van der Waals surface area contributed by atoms with Crippen LogP contribution in [0.3, 0.4) is 0 Å². The van der Waals surface area contributed by atoms with Crippen LogP contribution in [-0.4, -0.2) is 57.6 Å². The monoisotopic (exact) mass is 489 g/mol. The SMILES string of the molecule is CCNC(=O)C(C)N(Cc1cccc(OC)c1)C(=O)CN(c1ccc(C(C)C)cc1)S(C)(=O)=O. The average Bonchev–Trinajstić information content (AvgIpc) is 2.80. The minimum atomic E-state index is -3.75. The molecule has 1 atom stereocenters. The summed E-state index contributed by atoms with van der Waals surface area (Å²) in [5, 5.41) is 2.73. The molecule has 2 aromatic carbocycles. The van der Waals surface area contributed by atoms with Gasteiger partial charge in [0.1, 0.15) is 18.3 Å². The van der Waals surface area contributed by atoms with Gasteiger partial charge in [0, 0.05) is 13.1 Å². The zero-order valence-corrected chi connectivity index (χ0v) is 21.6. The second-order valence-electron chi connectivity index (χ2n) is 8.46. The standard InChI is InChI=1S/C25H35N3O5S/c1-7-26-25(30)19(4)27(16-20-9-8-10-23(15-20)33-5)24(29)17-28(34(6,31)32)22-13-11-21(12-14-22)18(2)3/h8-15,18-19H,7,16-17H2,1-6H3,(H,26,30). The van der Waals surface area contributed by atoms with Crippen LogP contribution in [-0.2, 0) is 26.2 Å². The first-order valence-electron chi connectivity index (χ1n) is 11.3. The molecule has 0 aliphatic carbocycles. The van der Waals surface area contributed by atoms with E-state index in [1.54, 1.807) is 51.3 Å². The molecule has 0 heterocycles. The highest BCUT2D eigenvalue weighted by molar-refractivity contribution is 7.92. The van der Waals surface area contributed by atoms with Crippen LogP contribution in [0.1, 0.15) is 44.7 Å². The molecule has 0 saturated carbocycles. The molecule has 0 aromatic heterocycles. The number of sulfonamides is 1. The fourth-order valence-corrected chi connectivity index (χ4v) is 4.36. The summed E-state index contributed by atoms with van der Waals surface area (Å²) < 4.78 is 31.6. The Kier molecular flexibility index (Phi) is 9.49. The van der Waals surface area contributed by atoms with Crippen molar-refractivity contribution in [3.63, 3.8) is 0 Å². The molecule has 0 fully saturated rings. The van der Waals surface area contributed by atoms with E-state index < -0.39 is 28.5 Å². The zero-order valence-electron chi connectivity index (χ0n) is 20.7. The van der Waals surface area contributed by atoms with Crippen LogP contribution < -0.4 is 14.4 Å². The van der Waals surface area contributed by atoms with Crippen molar-refractivity contribution in [2.75, 3.05) is 30.8 Å². The number of carbonyl (C=O) groups is 2. The van der Waals surface area contributed by atoms with Gasteiger partial charge in [-0.2, -0.15) is 0 Å². The van der Waals surface area contributed by atoms with Crippen molar-refractivity contribution in [3.8, 4) is 5.75 Å². The van der Waals surface area contributed by atoms with Gasteiger partial charge in [0.25, 0.3) is 0 Å². The number of likely N-dealkylation sites (N-methyl/N-ethyl adjacent to an activating group) is 1. The van der Waals surface area contributed by atoms with E-state index in [0.29, 0.717) is 23.9 Å². The predicted molar refractivity (Wildman–Crippen MR) is 134 cm³/mol. The molecule has 34 heavy (non-hydrogen) atoms. The lowest BCUT2D eigenvalue weighted by Crippen LogP contribution is -2.51. The summed E-state index contributed by atoms with van der Waals surface area (Å²) in [6.07, 6.45) is 1.07. The molecule has 0 aliphatic heterocycles. The van der Waals surface area contributed by atoms with E-state index >= 15 is 0 Å². The Balaban J connectivity index is 2.38. The molecule has 2 rings (SSSR count). The molecule has 0 bridgehead atoms. The van der Waals surface area contributed by atoms with Crippen molar-refractivity contribution in [1.82, 2.24) is 10.2 Å². The number of nitrogens with zero attached hydrogens (tertiary/aromatic N) is 2. The first kappa shape index (κ1) is 27.2. The van der Waals surface area contributed by atoms with Gasteiger partial charge in [-0.15, -0.1) is 0 Å². The fraction of sp³-hybridized carbons (Fsp3) is 0.440. The van der Waals surface area contributed by atoms with E-state index in [9.17, 15) is 18.0 Å². The third-order valence-corrected chi connectivity index (χ3v) is 6.67. The minimum Gasteiger partial charge on any atom is -0.497 e. The molecular weight excluding hydrogens is 454 g/mol. The zero-order chi connectivity index (χ0) is 25.5. The van der Waals surface area contributed by atoms with E-state index in [4.69, 9.17) is 4.74 Å². The third-order valence-electron chi connectivity index (χ3n) is 5.53. The van der Waals surface area contributed by atoms with Gasteiger partial charge in [-0.3, -0.25) is 13.9 Å². The summed E-state index contributed by atoms with van der Waals surface area (Å²) in [6.45, 7) is 7.64. The molecule has 2 amide bonds. The first-order valence-corrected chi connectivity index (χ1v) is 13.1. The molecule has 186 valence electrons. The second-order valence-corrected chi connectivity index (χ2v) is 10.4.